The summed E-state index contributed by atoms with van der Waals surface area (Å²) < 4.78 is 0. The van der Waals surface area contributed by atoms with Gasteiger partial charge in [-0.2, -0.15) is 5.26 Å². The van der Waals surface area contributed by atoms with Crippen molar-refractivity contribution in [2.45, 2.75) is 78.1 Å². The number of hydrogen-bond donors (Lipinski definition) is 1. The summed E-state index contributed by atoms with van der Waals surface area (Å²) in [5.41, 5.74) is 5.86. The topological polar surface area (TPSA) is 79.2 Å². The van der Waals surface area contributed by atoms with Crippen LogP contribution in [0, 0.1) is 58.2 Å². The number of nitrogens with zero attached hydrogens (tertiary/aromatic N) is 2. The molecular formula is C26H39N3O. The first-order valence-corrected chi connectivity index (χ1v) is 12.3. The van der Waals surface area contributed by atoms with Crippen molar-refractivity contribution in [2.24, 2.45) is 57.6 Å². The summed E-state index contributed by atoms with van der Waals surface area (Å²) >= 11 is 0. The highest BCUT2D eigenvalue weighted by atomic mass is 16.1. The highest BCUT2D eigenvalue weighted by molar-refractivity contribution is 5.88. The molecule has 4 aliphatic rings. The second-order valence-corrected chi connectivity index (χ2v) is 11.1. The number of nitrogens with two attached hydrogens (primary N) is 1. The third kappa shape index (κ3) is 3.85. The molecule has 0 aromatic rings. The maximum atomic E-state index is 13.2. The van der Waals surface area contributed by atoms with Gasteiger partial charge in [-0.1, -0.05) is 26.7 Å². The predicted molar refractivity (Wildman–Crippen MR) is 121 cm³/mol. The molecule has 0 aliphatic heterocycles. The lowest BCUT2D eigenvalue weighted by molar-refractivity contribution is -0.142. The van der Waals surface area contributed by atoms with Crippen LogP contribution in [-0.2, 0) is 4.79 Å². The summed E-state index contributed by atoms with van der Waals surface area (Å²) in [5.74, 6) is 5.71. The molecule has 4 nitrogen and oxygen atoms in total. The molecule has 0 saturated heterocycles. The summed E-state index contributed by atoms with van der Waals surface area (Å²) in [7, 11) is 0. The number of rotatable bonds is 4. The lowest BCUT2D eigenvalue weighted by Crippen LogP contribution is -2.54. The molecule has 8 atom stereocenters. The van der Waals surface area contributed by atoms with Crippen LogP contribution in [-0.4, -0.2) is 18.5 Å². The highest BCUT2D eigenvalue weighted by Gasteiger charge is 2.56. The monoisotopic (exact) mass is 409 g/mol. The average molecular weight is 410 g/mol. The molecule has 0 radical (unpaired) electrons. The number of fused-ring (bicyclic) bond motifs is 5. The van der Waals surface area contributed by atoms with Crippen LogP contribution in [0.15, 0.2) is 16.8 Å². The minimum absolute atomic E-state index is 0.130. The Morgan fingerprint density at radius 1 is 1.13 bits per heavy atom. The molecular weight excluding hydrogens is 370 g/mol. The molecule has 0 amide bonds. The van der Waals surface area contributed by atoms with Crippen molar-refractivity contribution in [1.82, 2.24) is 0 Å². The van der Waals surface area contributed by atoms with E-state index in [1.165, 1.54) is 70.2 Å². The molecule has 0 aromatic carbocycles. The van der Waals surface area contributed by atoms with E-state index in [0.717, 1.165) is 36.0 Å². The third-order valence-corrected chi connectivity index (χ3v) is 9.63. The Morgan fingerprint density at radius 3 is 2.70 bits per heavy atom. The van der Waals surface area contributed by atoms with Crippen LogP contribution >= 0.6 is 0 Å². The quantitative estimate of drug-likeness (QED) is 0.506. The normalized spacial score (nSPS) is 43.9. The molecule has 0 spiro atoms. The number of hydrogen-bond acceptors (Lipinski definition) is 4. The van der Waals surface area contributed by atoms with Crippen LogP contribution in [0.25, 0.3) is 0 Å². The van der Waals surface area contributed by atoms with Gasteiger partial charge in [0, 0.05) is 18.3 Å². The van der Waals surface area contributed by atoms with Crippen LogP contribution in [0.5, 0.6) is 0 Å². The summed E-state index contributed by atoms with van der Waals surface area (Å²) in [5, 5.41) is 8.97. The largest absolute Gasteiger partial charge is 0.403 e. The van der Waals surface area contributed by atoms with E-state index in [2.05, 4.69) is 18.8 Å². The van der Waals surface area contributed by atoms with Crippen molar-refractivity contribution in [3.8, 4) is 6.07 Å². The molecule has 4 saturated carbocycles. The number of Topliss-reactive ketones (excluding diaryl/α,β-unsaturated/α-hetero) is 1. The fourth-order valence-electron chi connectivity index (χ4n) is 8.27. The van der Waals surface area contributed by atoms with Crippen LogP contribution in [0.2, 0.25) is 0 Å². The molecule has 4 rings (SSSR count). The fourth-order valence-corrected chi connectivity index (χ4v) is 8.27. The molecule has 4 heteroatoms. The van der Waals surface area contributed by atoms with Crippen molar-refractivity contribution >= 4 is 12.0 Å². The van der Waals surface area contributed by atoms with Gasteiger partial charge in [-0.15, -0.1) is 0 Å². The van der Waals surface area contributed by atoms with Crippen molar-refractivity contribution in [3.05, 3.63) is 11.8 Å². The molecule has 30 heavy (non-hydrogen) atoms. The minimum Gasteiger partial charge on any atom is -0.403 e. The van der Waals surface area contributed by atoms with Gasteiger partial charge in [0.05, 0.1) is 12.1 Å². The second kappa shape index (κ2) is 8.85. The number of carbonyl (C=O) groups is 1. The number of nitriles is 1. The van der Waals surface area contributed by atoms with Gasteiger partial charge in [-0.25, -0.2) is 0 Å². The summed E-state index contributed by atoms with van der Waals surface area (Å²) in [4.78, 5) is 17.4. The number of carbonyl (C=O) groups excluding carboxylic acids is 1. The van der Waals surface area contributed by atoms with Crippen molar-refractivity contribution in [1.29, 1.82) is 5.26 Å². The van der Waals surface area contributed by atoms with Gasteiger partial charge in [0.1, 0.15) is 6.07 Å². The lowest BCUT2D eigenvalue weighted by atomic mass is 9.44. The maximum Gasteiger partial charge on any atom is 0.157 e. The third-order valence-electron chi connectivity index (χ3n) is 9.63. The van der Waals surface area contributed by atoms with Gasteiger partial charge in [0.25, 0.3) is 0 Å². The van der Waals surface area contributed by atoms with Gasteiger partial charge in [-0.05, 0) is 92.3 Å². The van der Waals surface area contributed by atoms with Crippen LogP contribution in [0.1, 0.15) is 78.1 Å². The van der Waals surface area contributed by atoms with Crippen molar-refractivity contribution in [2.75, 3.05) is 6.54 Å². The zero-order valence-corrected chi connectivity index (χ0v) is 18.9. The first kappa shape index (κ1) is 21.6. The van der Waals surface area contributed by atoms with E-state index >= 15 is 0 Å². The van der Waals surface area contributed by atoms with Gasteiger partial charge in [-0.3, -0.25) is 9.79 Å². The minimum atomic E-state index is 0.130. The highest BCUT2D eigenvalue weighted by Crippen LogP contribution is 2.63. The predicted octanol–water partition coefficient (Wildman–Crippen LogP) is 5.29. The number of ketones is 1. The van der Waals surface area contributed by atoms with Gasteiger partial charge in [0.2, 0.25) is 0 Å². The smallest absolute Gasteiger partial charge is 0.157 e. The average Bonchev–Trinajstić information content (AvgIpc) is 2.75. The Morgan fingerprint density at radius 2 is 1.93 bits per heavy atom. The van der Waals surface area contributed by atoms with Crippen LogP contribution in [0.4, 0.5) is 0 Å². The number of allylic oxidation sites excluding steroid dienone is 1. The molecule has 4 fully saturated rings. The maximum absolute atomic E-state index is 13.2. The fraction of sp³-hybridized carbons (Fsp3) is 0.808. The zero-order valence-electron chi connectivity index (χ0n) is 18.9. The molecule has 0 aromatic heterocycles. The Hall–Kier alpha value is -1.63. The Kier molecular flexibility index (Phi) is 6.37. The van der Waals surface area contributed by atoms with Crippen molar-refractivity contribution < 1.29 is 4.79 Å². The van der Waals surface area contributed by atoms with E-state index in [-0.39, 0.29) is 23.7 Å². The van der Waals surface area contributed by atoms with E-state index in [1.54, 1.807) is 0 Å². The van der Waals surface area contributed by atoms with E-state index in [9.17, 15) is 4.79 Å². The Bertz CT molecular complexity index is 750. The van der Waals surface area contributed by atoms with E-state index < -0.39 is 0 Å². The zero-order chi connectivity index (χ0) is 21.3. The van der Waals surface area contributed by atoms with Gasteiger partial charge in [0.15, 0.2) is 5.78 Å². The lowest BCUT2D eigenvalue weighted by Gasteiger charge is -2.60. The first-order chi connectivity index (χ1) is 14.5. The summed E-state index contributed by atoms with van der Waals surface area (Å²) in [6.07, 6.45) is 15.9. The molecule has 0 heterocycles. The summed E-state index contributed by atoms with van der Waals surface area (Å²) in [6.45, 7) is 5.06. The SMILES string of the molecule is CC1CCC2C(CCC3C2CCC2(C)C(C(=O)CN=CC(C#N)=CN)CCCC32)C1. The van der Waals surface area contributed by atoms with Crippen molar-refractivity contribution in [3.63, 3.8) is 0 Å². The van der Waals surface area contributed by atoms with Gasteiger partial charge < -0.3 is 5.73 Å². The molecule has 2 N–H and O–H groups in total. The molecule has 4 aliphatic carbocycles. The molecule has 164 valence electrons. The van der Waals surface area contributed by atoms with Crippen LogP contribution in [0.3, 0.4) is 0 Å². The van der Waals surface area contributed by atoms with E-state index in [0.29, 0.717) is 11.5 Å². The number of aliphatic imine (C=N–C) groups is 1. The molecule has 8 unspecified atom stereocenters. The van der Waals surface area contributed by atoms with E-state index in [1.807, 2.05) is 6.07 Å². The standard InChI is InChI=1S/C26H39N3O/c1-17-6-8-20-19(12-17)7-9-22-21(20)10-11-26(2)23(22)4-3-5-24(26)25(30)16-29-15-18(13-27)14-28/h13,15,17,19-24H,3-12,16,27H2,1-2H3. The van der Waals surface area contributed by atoms with E-state index in [4.69, 9.17) is 11.0 Å². The van der Waals surface area contributed by atoms with Crippen LogP contribution < -0.4 is 5.73 Å². The Balaban J connectivity index is 1.47. The molecule has 0 bridgehead atoms. The van der Waals surface area contributed by atoms with Gasteiger partial charge >= 0.3 is 0 Å². The second-order valence-electron chi connectivity index (χ2n) is 11.1. The Labute approximate surface area is 182 Å². The summed E-state index contributed by atoms with van der Waals surface area (Å²) in [6, 6.07) is 1.99. The first-order valence-electron chi connectivity index (χ1n) is 12.3.